The van der Waals surface area contributed by atoms with Crippen LogP contribution < -0.4 is 9.47 Å². The highest BCUT2D eigenvalue weighted by atomic mass is 16.8. The lowest BCUT2D eigenvalue weighted by Crippen LogP contribution is -2.70. The highest BCUT2D eigenvalue weighted by Gasteiger charge is 2.65. The van der Waals surface area contributed by atoms with Gasteiger partial charge in [-0.1, -0.05) is 125 Å². The third kappa shape index (κ3) is 14.6. The number of amides is 1. The van der Waals surface area contributed by atoms with E-state index in [1.807, 2.05) is 30.3 Å². The molecule has 2 heterocycles. The number of aliphatic hydroxyl groups is 3. The predicted molar refractivity (Wildman–Crippen MR) is 281 cm³/mol. The zero-order chi connectivity index (χ0) is 50.4. The van der Waals surface area contributed by atoms with Gasteiger partial charge in [-0.2, -0.15) is 0 Å². The summed E-state index contributed by atoms with van der Waals surface area (Å²) in [5.74, 6) is -0.152. The molecule has 1 saturated heterocycles. The number of nitrogens with zero attached hydrogens (tertiary/aromatic N) is 2. The Morgan fingerprint density at radius 3 is 2.29 bits per heavy atom. The molecule has 3 aromatic rings. The molecule has 2 aliphatic heterocycles. The topological polar surface area (TPSA) is 158 Å². The van der Waals surface area contributed by atoms with E-state index in [4.69, 9.17) is 38.4 Å². The molecule has 0 bridgehead atoms. The molecular weight excluding hydrogens is 913 g/mol. The third-order valence-corrected chi connectivity index (χ3v) is 15.1. The van der Waals surface area contributed by atoms with E-state index in [-0.39, 0.29) is 77.0 Å². The van der Waals surface area contributed by atoms with Gasteiger partial charge < -0.3 is 48.6 Å². The molecular formula is C59H84N2O11. The molecule has 1 amide bonds. The lowest BCUT2D eigenvalue weighted by Gasteiger charge is -2.59. The number of fused-ring (bicyclic) bond motifs is 3. The molecule has 7 rings (SSSR count). The van der Waals surface area contributed by atoms with Crippen molar-refractivity contribution in [3.63, 3.8) is 0 Å². The molecule has 72 heavy (non-hydrogen) atoms. The summed E-state index contributed by atoms with van der Waals surface area (Å²) in [6.45, 7) is 7.74. The number of hydrogen-bond donors (Lipinski definition) is 3. The van der Waals surface area contributed by atoms with Crippen LogP contribution in [0.4, 0.5) is 4.79 Å². The van der Waals surface area contributed by atoms with Crippen molar-refractivity contribution >= 4 is 22.6 Å². The number of benzene rings is 3. The second-order valence-corrected chi connectivity index (χ2v) is 20.1. The van der Waals surface area contributed by atoms with E-state index in [1.54, 1.807) is 11.0 Å². The monoisotopic (exact) mass is 997 g/mol. The standard InChI is InChI=1S/C59H84N2O11/c1-3-5-6-7-8-9-10-11-12-20-37-68-58(65)61(31-38-66-39-34-64)54-43-52(60-72-55-26-17-21-36-67-55)50-41-46(24-15-18-32-62)49(25-16-19-33-63)56-51-42-48(70-47-28-27-44-22-13-14-23-45(44)40-47)29-30-53(51)71-59(54,57(50)56)69-35-4-2/h4,13-14,22-23,27-30,40-42,46,49,54-57,62-64H,2-3,5-12,15-21,24-26,31-39,43H2,1H3. The zero-order valence-corrected chi connectivity index (χ0v) is 43.1. The van der Waals surface area contributed by atoms with Crippen LogP contribution in [0.25, 0.3) is 10.8 Å². The van der Waals surface area contributed by atoms with Crippen LogP contribution in [0.2, 0.25) is 0 Å². The molecule has 3 N–H and O–H groups in total. The van der Waals surface area contributed by atoms with Crippen molar-refractivity contribution in [1.29, 1.82) is 0 Å². The Hall–Kier alpha value is -4.50. The quantitative estimate of drug-likeness (QED) is 0.0311. The third-order valence-electron chi connectivity index (χ3n) is 15.1. The van der Waals surface area contributed by atoms with Gasteiger partial charge in [0, 0.05) is 44.1 Å². The maximum atomic E-state index is 14.9. The van der Waals surface area contributed by atoms with E-state index in [9.17, 15) is 20.1 Å². The van der Waals surface area contributed by atoms with Crippen molar-refractivity contribution in [1.82, 2.24) is 4.90 Å². The molecule has 7 atom stereocenters. The Balaban J connectivity index is 1.31. The van der Waals surface area contributed by atoms with Gasteiger partial charge in [-0.3, -0.25) is 4.90 Å². The number of rotatable bonds is 32. The largest absolute Gasteiger partial charge is 0.459 e. The summed E-state index contributed by atoms with van der Waals surface area (Å²) in [6, 6.07) is 19.5. The first-order valence-electron chi connectivity index (χ1n) is 27.6. The first kappa shape index (κ1) is 55.3. The van der Waals surface area contributed by atoms with Gasteiger partial charge >= 0.3 is 6.09 Å². The number of carbonyl (C=O) groups is 1. The average molecular weight is 997 g/mol. The van der Waals surface area contributed by atoms with Crippen LogP contribution in [0.1, 0.15) is 147 Å². The van der Waals surface area contributed by atoms with E-state index in [0.29, 0.717) is 48.8 Å². The van der Waals surface area contributed by atoms with Crippen LogP contribution in [0.15, 0.2) is 90.1 Å². The molecule has 13 heteroatoms. The fourth-order valence-electron chi connectivity index (χ4n) is 11.5. The summed E-state index contributed by atoms with van der Waals surface area (Å²) in [7, 11) is 0. The molecule has 2 fully saturated rings. The van der Waals surface area contributed by atoms with Crippen molar-refractivity contribution in [2.75, 3.05) is 59.4 Å². The molecule has 7 unspecified atom stereocenters. The smallest absolute Gasteiger partial charge is 0.410 e. The highest BCUT2D eigenvalue weighted by molar-refractivity contribution is 6.03. The van der Waals surface area contributed by atoms with Crippen LogP contribution in [-0.2, 0) is 23.8 Å². The Morgan fingerprint density at radius 2 is 1.56 bits per heavy atom. The molecule has 396 valence electrons. The van der Waals surface area contributed by atoms with Crippen molar-refractivity contribution in [3.05, 3.63) is 90.5 Å². The summed E-state index contributed by atoms with van der Waals surface area (Å²) in [5.41, 5.74) is 2.58. The number of hydrogen-bond acceptors (Lipinski definition) is 12. The number of ether oxygens (including phenoxy) is 6. The van der Waals surface area contributed by atoms with Crippen LogP contribution in [0.3, 0.4) is 0 Å². The second kappa shape index (κ2) is 29.4. The maximum absolute atomic E-state index is 14.9. The SMILES string of the molecule is C=CCOC12Oc3ccc(Oc4ccc5ccccc5c4)cc3C3C(CCCCO)C(CCCCO)C=C(C(=NOC4CCCCO4)CC1N(CCOCCO)C(=O)OCCCCCCCCCCCC)C32. The molecule has 13 nitrogen and oxygen atoms in total. The summed E-state index contributed by atoms with van der Waals surface area (Å²) in [4.78, 5) is 22.9. The summed E-state index contributed by atoms with van der Waals surface area (Å²) in [6.07, 6.45) is 22.1. The van der Waals surface area contributed by atoms with Crippen molar-refractivity contribution in [2.24, 2.45) is 22.9 Å². The first-order chi connectivity index (χ1) is 35.4. The van der Waals surface area contributed by atoms with Crippen molar-refractivity contribution in [3.8, 4) is 17.2 Å². The van der Waals surface area contributed by atoms with Gasteiger partial charge in [-0.25, -0.2) is 4.79 Å². The summed E-state index contributed by atoms with van der Waals surface area (Å²) >= 11 is 0. The minimum absolute atomic E-state index is 0.0292. The van der Waals surface area contributed by atoms with Crippen LogP contribution in [0.5, 0.6) is 17.2 Å². The van der Waals surface area contributed by atoms with Gasteiger partial charge in [0.2, 0.25) is 12.1 Å². The lowest BCUT2D eigenvalue weighted by molar-refractivity contribution is -0.256. The molecule has 4 aliphatic rings. The van der Waals surface area contributed by atoms with Gasteiger partial charge in [0.15, 0.2) is 0 Å². The Labute approximate surface area is 428 Å². The first-order valence-corrected chi connectivity index (χ1v) is 27.6. The van der Waals surface area contributed by atoms with Crippen LogP contribution in [-0.4, -0.2) is 110 Å². The van der Waals surface area contributed by atoms with Crippen molar-refractivity contribution in [2.45, 2.75) is 159 Å². The number of oxime groups is 1. The fraction of sp³-hybridized carbons (Fsp3) is 0.627. The van der Waals surface area contributed by atoms with Gasteiger partial charge in [0.1, 0.15) is 23.3 Å². The Morgan fingerprint density at radius 1 is 0.819 bits per heavy atom. The van der Waals surface area contributed by atoms with E-state index < -0.39 is 30.1 Å². The van der Waals surface area contributed by atoms with E-state index >= 15 is 0 Å². The van der Waals surface area contributed by atoms with E-state index in [2.05, 4.69) is 49.9 Å². The normalized spacial score (nSPS) is 23.9. The van der Waals surface area contributed by atoms with E-state index in [1.165, 1.54) is 44.9 Å². The Kier molecular flexibility index (Phi) is 22.6. The number of carbonyl (C=O) groups excluding carboxylic acids is 1. The van der Waals surface area contributed by atoms with E-state index in [0.717, 1.165) is 79.7 Å². The molecule has 2 aliphatic carbocycles. The molecule has 1 saturated carbocycles. The fourth-order valence-corrected chi connectivity index (χ4v) is 11.5. The summed E-state index contributed by atoms with van der Waals surface area (Å²) < 4.78 is 39.5. The minimum atomic E-state index is -1.48. The van der Waals surface area contributed by atoms with Crippen LogP contribution in [0, 0.1) is 17.8 Å². The van der Waals surface area contributed by atoms with Gasteiger partial charge in [-0.05, 0) is 103 Å². The number of unbranched alkanes of at least 4 members (excludes halogenated alkanes) is 11. The van der Waals surface area contributed by atoms with Gasteiger partial charge in [-0.15, -0.1) is 6.58 Å². The lowest BCUT2D eigenvalue weighted by atomic mass is 9.55. The second-order valence-electron chi connectivity index (χ2n) is 20.1. The van der Waals surface area contributed by atoms with Gasteiger partial charge in [0.05, 0.1) is 51.3 Å². The number of aliphatic hydroxyl groups excluding tert-OH is 3. The molecule has 0 radical (unpaired) electrons. The Bertz CT molecular complexity index is 2170. The van der Waals surface area contributed by atoms with Crippen LogP contribution >= 0.6 is 0 Å². The minimum Gasteiger partial charge on any atom is -0.459 e. The maximum Gasteiger partial charge on any atom is 0.410 e. The zero-order valence-electron chi connectivity index (χ0n) is 43.1. The molecule has 0 aromatic heterocycles. The highest BCUT2D eigenvalue weighted by Crippen LogP contribution is 2.62. The number of allylic oxidation sites excluding steroid dienone is 1. The predicted octanol–water partition coefficient (Wildman–Crippen LogP) is 12.2. The van der Waals surface area contributed by atoms with Crippen molar-refractivity contribution < 1.29 is 53.4 Å². The van der Waals surface area contributed by atoms with Gasteiger partial charge in [0.25, 0.3) is 0 Å². The summed E-state index contributed by atoms with van der Waals surface area (Å²) in [5, 5.41) is 37.0. The molecule has 0 spiro atoms. The molecule has 3 aromatic carbocycles. The average Bonchev–Trinajstić information content (AvgIpc) is 3.40.